The number of rotatable bonds is 4. The Labute approximate surface area is 318 Å². The summed E-state index contributed by atoms with van der Waals surface area (Å²) >= 11 is 0. The Kier molecular flexibility index (Phi) is 6.86. The molecule has 0 saturated heterocycles. The largest absolute Gasteiger partial charge is 0.228 e. The fraction of sp³-hybridized carbons (Fsp3) is 0.0588. The SMILES string of the molecule is CC1(C)c2cc(-c3nc(-c4cccc5ccccc45)nc4ccccc34)ccc2-c2ccc(-c3nc(-c4cccc5ccccc45)nc4ccccc34)cc21. The quantitative estimate of drug-likeness (QED) is 0.183. The first-order valence-electron chi connectivity index (χ1n) is 18.8. The smallest absolute Gasteiger partial charge is 0.161 e. The molecule has 4 heteroatoms. The van der Waals surface area contributed by atoms with Crippen LogP contribution >= 0.6 is 0 Å². The van der Waals surface area contributed by atoms with Crippen molar-refractivity contribution in [2.75, 3.05) is 0 Å². The van der Waals surface area contributed by atoms with E-state index in [1.165, 1.54) is 33.0 Å². The van der Waals surface area contributed by atoms with Gasteiger partial charge in [0, 0.05) is 38.4 Å². The summed E-state index contributed by atoms with van der Waals surface area (Å²) in [6.45, 7) is 4.68. The minimum atomic E-state index is -0.265. The molecule has 0 aliphatic heterocycles. The van der Waals surface area contributed by atoms with Crippen molar-refractivity contribution in [2.45, 2.75) is 19.3 Å². The predicted octanol–water partition coefficient (Wildman–Crippen LogP) is 12.9. The van der Waals surface area contributed by atoms with E-state index in [0.29, 0.717) is 0 Å². The second kappa shape index (κ2) is 12.0. The van der Waals surface area contributed by atoms with Gasteiger partial charge in [0.15, 0.2) is 11.6 Å². The van der Waals surface area contributed by atoms with Crippen molar-refractivity contribution in [2.24, 2.45) is 0 Å². The van der Waals surface area contributed by atoms with Gasteiger partial charge in [-0.05, 0) is 68.1 Å². The second-order valence-corrected chi connectivity index (χ2v) is 15.0. The molecule has 0 radical (unpaired) electrons. The Morgan fingerprint density at radius 3 is 1.22 bits per heavy atom. The summed E-state index contributed by atoms with van der Waals surface area (Å²) in [4.78, 5) is 20.8. The molecule has 0 fully saturated rings. The fourth-order valence-electron chi connectivity index (χ4n) is 8.71. The van der Waals surface area contributed by atoms with Crippen LogP contribution in [-0.4, -0.2) is 19.9 Å². The zero-order valence-electron chi connectivity index (χ0n) is 30.5. The number of fused-ring (bicyclic) bond motifs is 7. The molecule has 2 aromatic heterocycles. The molecule has 1 aliphatic carbocycles. The van der Waals surface area contributed by atoms with Crippen molar-refractivity contribution >= 4 is 43.4 Å². The van der Waals surface area contributed by atoms with Gasteiger partial charge in [0.25, 0.3) is 0 Å². The Bertz CT molecular complexity index is 2970. The number of hydrogen-bond acceptors (Lipinski definition) is 4. The van der Waals surface area contributed by atoms with Crippen molar-refractivity contribution in [3.05, 3.63) is 181 Å². The first-order chi connectivity index (χ1) is 27.0. The summed E-state index contributed by atoms with van der Waals surface area (Å²) in [6, 6.07) is 60.1. The fourth-order valence-corrected chi connectivity index (χ4v) is 8.71. The topological polar surface area (TPSA) is 51.6 Å². The molecule has 0 saturated carbocycles. The average molecular weight is 703 g/mol. The minimum Gasteiger partial charge on any atom is -0.228 e. The van der Waals surface area contributed by atoms with Crippen molar-refractivity contribution in [1.82, 2.24) is 19.9 Å². The van der Waals surface area contributed by atoms with Crippen LogP contribution in [0.3, 0.4) is 0 Å². The highest BCUT2D eigenvalue weighted by molar-refractivity contribution is 6.01. The monoisotopic (exact) mass is 702 g/mol. The molecule has 0 spiro atoms. The highest BCUT2D eigenvalue weighted by Gasteiger charge is 2.36. The van der Waals surface area contributed by atoms with E-state index in [1.807, 2.05) is 0 Å². The summed E-state index contributed by atoms with van der Waals surface area (Å²) in [6.07, 6.45) is 0. The average Bonchev–Trinajstić information content (AvgIpc) is 3.47. The van der Waals surface area contributed by atoms with Gasteiger partial charge in [0.05, 0.1) is 22.4 Å². The maximum absolute atomic E-state index is 5.32. The lowest BCUT2D eigenvalue weighted by Crippen LogP contribution is -2.15. The lowest BCUT2D eigenvalue weighted by molar-refractivity contribution is 0.661. The van der Waals surface area contributed by atoms with E-state index in [4.69, 9.17) is 19.9 Å². The Morgan fingerprint density at radius 1 is 0.345 bits per heavy atom. The van der Waals surface area contributed by atoms with Crippen molar-refractivity contribution in [3.8, 4) is 56.4 Å². The summed E-state index contributed by atoms with van der Waals surface area (Å²) in [5.74, 6) is 1.47. The molecule has 0 amide bonds. The van der Waals surface area contributed by atoms with E-state index in [9.17, 15) is 0 Å². The predicted molar refractivity (Wildman–Crippen MR) is 227 cm³/mol. The Morgan fingerprint density at radius 2 is 0.745 bits per heavy atom. The summed E-state index contributed by atoms with van der Waals surface area (Å²) in [5.41, 5.74) is 12.8. The van der Waals surface area contributed by atoms with Crippen LogP contribution in [0.15, 0.2) is 170 Å². The van der Waals surface area contributed by atoms with Crippen LogP contribution in [-0.2, 0) is 5.41 Å². The van der Waals surface area contributed by atoms with Crippen LogP contribution in [0.25, 0.3) is 99.8 Å². The molecular formula is C51H34N4. The van der Waals surface area contributed by atoms with Crippen LogP contribution in [0.5, 0.6) is 0 Å². The standard InChI is InChI=1S/C51H34N4/c1-51(2)43-29-33(47-41-19-7-9-23-45(41)52-49(54-47)39-21-11-15-31-13-3-5-17-35(31)39)25-27-37(43)38-28-26-34(30-44(38)51)48-42-20-8-10-24-46(42)53-50(55-48)40-22-12-16-32-14-4-6-18-36(32)40/h3-30H,1-2H3. The highest BCUT2D eigenvalue weighted by Crippen LogP contribution is 2.51. The number of aromatic nitrogens is 4. The third-order valence-corrected chi connectivity index (χ3v) is 11.5. The van der Waals surface area contributed by atoms with Gasteiger partial charge in [-0.1, -0.05) is 159 Å². The molecule has 55 heavy (non-hydrogen) atoms. The summed E-state index contributed by atoms with van der Waals surface area (Å²) in [5, 5.41) is 6.73. The lowest BCUT2D eigenvalue weighted by atomic mass is 9.81. The summed E-state index contributed by atoms with van der Waals surface area (Å²) < 4.78 is 0. The number of benzene rings is 8. The first kappa shape index (κ1) is 31.5. The molecule has 258 valence electrons. The lowest BCUT2D eigenvalue weighted by Gasteiger charge is -2.23. The van der Waals surface area contributed by atoms with E-state index >= 15 is 0 Å². The van der Waals surface area contributed by atoms with E-state index in [2.05, 4.69) is 184 Å². The van der Waals surface area contributed by atoms with Crippen LogP contribution in [0.4, 0.5) is 0 Å². The normalized spacial score (nSPS) is 13.1. The van der Waals surface area contributed by atoms with Crippen LogP contribution < -0.4 is 0 Å². The van der Waals surface area contributed by atoms with E-state index < -0.39 is 0 Å². The van der Waals surface area contributed by atoms with Gasteiger partial charge < -0.3 is 0 Å². The van der Waals surface area contributed by atoms with E-state index in [0.717, 1.165) is 77.9 Å². The van der Waals surface area contributed by atoms with Gasteiger partial charge in [0.2, 0.25) is 0 Å². The van der Waals surface area contributed by atoms with Crippen molar-refractivity contribution in [1.29, 1.82) is 0 Å². The molecule has 0 bridgehead atoms. The van der Waals surface area contributed by atoms with Gasteiger partial charge in [-0.25, -0.2) is 19.9 Å². The third-order valence-electron chi connectivity index (χ3n) is 11.5. The van der Waals surface area contributed by atoms with Gasteiger partial charge in [-0.15, -0.1) is 0 Å². The second-order valence-electron chi connectivity index (χ2n) is 15.0. The molecule has 0 unspecified atom stereocenters. The molecular weight excluding hydrogens is 669 g/mol. The molecule has 10 aromatic rings. The first-order valence-corrected chi connectivity index (χ1v) is 18.8. The van der Waals surface area contributed by atoms with Crippen molar-refractivity contribution < 1.29 is 0 Å². The highest BCUT2D eigenvalue weighted by atomic mass is 14.9. The minimum absolute atomic E-state index is 0.265. The van der Waals surface area contributed by atoms with Crippen LogP contribution in [0, 0.1) is 0 Å². The summed E-state index contributed by atoms with van der Waals surface area (Å²) in [7, 11) is 0. The molecule has 2 heterocycles. The van der Waals surface area contributed by atoms with Crippen LogP contribution in [0.2, 0.25) is 0 Å². The molecule has 1 aliphatic rings. The van der Waals surface area contributed by atoms with Crippen molar-refractivity contribution in [3.63, 3.8) is 0 Å². The molecule has 0 N–H and O–H groups in total. The van der Waals surface area contributed by atoms with E-state index in [-0.39, 0.29) is 5.41 Å². The van der Waals surface area contributed by atoms with Crippen LogP contribution in [0.1, 0.15) is 25.0 Å². The number of hydrogen-bond donors (Lipinski definition) is 0. The van der Waals surface area contributed by atoms with Gasteiger partial charge >= 0.3 is 0 Å². The zero-order chi connectivity index (χ0) is 36.7. The Hall–Kier alpha value is -7.04. The molecule has 11 rings (SSSR count). The van der Waals surface area contributed by atoms with Gasteiger partial charge in [-0.2, -0.15) is 0 Å². The van der Waals surface area contributed by atoms with E-state index in [1.54, 1.807) is 0 Å². The molecule has 0 atom stereocenters. The number of para-hydroxylation sites is 2. The maximum atomic E-state index is 5.32. The molecule has 8 aromatic carbocycles. The molecule has 4 nitrogen and oxygen atoms in total. The zero-order valence-corrected chi connectivity index (χ0v) is 30.5. The van der Waals surface area contributed by atoms with Gasteiger partial charge in [0.1, 0.15) is 0 Å². The maximum Gasteiger partial charge on any atom is 0.161 e. The number of nitrogens with zero attached hydrogens (tertiary/aromatic N) is 4. The third kappa shape index (κ3) is 4.92. The van der Waals surface area contributed by atoms with Gasteiger partial charge in [-0.3, -0.25) is 0 Å². The Balaban J connectivity index is 1.05.